The van der Waals surface area contributed by atoms with Crippen molar-refractivity contribution < 1.29 is 14.4 Å². The average molecular weight is 210 g/mol. The molecule has 0 aromatic rings. The SMILES string of the molecule is O=C1NC(=O)N(CC2CCCCC2)C1=O. The van der Waals surface area contributed by atoms with E-state index in [1.54, 1.807) is 0 Å². The van der Waals surface area contributed by atoms with Crippen LogP contribution in [0.2, 0.25) is 0 Å². The van der Waals surface area contributed by atoms with E-state index in [1.807, 2.05) is 5.32 Å². The normalized spacial score (nSPS) is 23.5. The van der Waals surface area contributed by atoms with E-state index in [0.29, 0.717) is 12.5 Å². The third-order valence-corrected chi connectivity index (χ3v) is 3.07. The molecule has 2 aliphatic rings. The Bertz CT molecular complexity index is 308. The lowest BCUT2D eigenvalue weighted by Gasteiger charge is -2.24. The highest BCUT2D eigenvalue weighted by molar-refractivity contribution is 6.44. The van der Waals surface area contributed by atoms with Crippen LogP contribution >= 0.6 is 0 Å². The van der Waals surface area contributed by atoms with E-state index < -0.39 is 17.8 Å². The van der Waals surface area contributed by atoms with Crippen molar-refractivity contribution >= 4 is 17.8 Å². The van der Waals surface area contributed by atoms with E-state index in [2.05, 4.69) is 0 Å². The Morgan fingerprint density at radius 3 is 2.33 bits per heavy atom. The fourth-order valence-corrected chi connectivity index (χ4v) is 2.23. The molecule has 0 atom stereocenters. The highest BCUT2D eigenvalue weighted by atomic mass is 16.2. The number of imide groups is 2. The summed E-state index contributed by atoms with van der Waals surface area (Å²) in [6, 6.07) is -0.560. The van der Waals surface area contributed by atoms with Crippen LogP contribution in [0.5, 0.6) is 0 Å². The summed E-state index contributed by atoms with van der Waals surface area (Å²) in [4.78, 5) is 34.5. The van der Waals surface area contributed by atoms with Crippen LogP contribution in [0.15, 0.2) is 0 Å². The van der Waals surface area contributed by atoms with Crippen molar-refractivity contribution in [2.75, 3.05) is 6.54 Å². The highest BCUT2D eigenvalue weighted by Gasteiger charge is 2.37. The first-order valence-corrected chi connectivity index (χ1v) is 5.35. The average Bonchev–Trinajstić information content (AvgIpc) is 2.47. The summed E-state index contributed by atoms with van der Waals surface area (Å²) < 4.78 is 0. The summed E-state index contributed by atoms with van der Waals surface area (Å²) in [5.41, 5.74) is 0. The molecule has 2 fully saturated rings. The van der Waals surface area contributed by atoms with E-state index >= 15 is 0 Å². The van der Waals surface area contributed by atoms with Crippen LogP contribution in [-0.2, 0) is 9.59 Å². The Labute approximate surface area is 87.8 Å². The topological polar surface area (TPSA) is 66.5 Å². The second kappa shape index (κ2) is 4.00. The van der Waals surface area contributed by atoms with Crippen molar-refractivity contribution in [3.8, 4) is 0 Å². The maximum Gasteiger partial charge on any atom is 0.331 e. The Morgan fingerprint density at radius 2 is 1.80 bits per heavy atom. The van der Waals surface area contributed by atoms with E-state index in [4.69, 9.17) is 0 Å². The number of hydrogen-bond donors (Lipinski definition) is 1. The zero-order valence-corrected chi connectivity index (χ0v) is 8.49. The molecule has 0 aromatic carbocycles. The van der Waals surface area contributed by atoms with Crippen LogP contribution in [0.1, 0.15) is 32.1 Å². The Kier molecular flexibility index (Phi) is 2.70. The number of amides is 4. The standard InChI is InChI=1S/C10H14N2O3/c13-8-9(14)12(10(15)11-8)6-7-4-2-1-3-5-7/h7H,1-6H2,(H,11,13,15). The molecule has 0 aromatic heterocycles. The second-order valence-corrected chi connectivity index (χ2v) is 4.18. The maximum atomic E-state index is 11.3. The van der Waals surface area contributed by atoms with Gasteiger partial charge in [0, 0.05) is 6.54 Å². The Morgan fingerprint density at radius 1 is 1.13 bits per heavy atom. The largest absolute Gasteiger partial charge is 0.331 e. The number of nitrogens with zero attached hydrogens (tertiary/aromatic N) is 1. The first-order valence-electron chi connectivity index (χ1n) is 5.35. The molecule has 82 valence electrons. The van der Waals surface area contributed by atoms with Gasteiger partial charge in [0.15, 0.2) is 0 Å². The first kappa shape index (κ1) is 10.1. The maximum absolute atomic E-state index is 11.3. The van der Waals surface area contributed by atoms with E-state index in [1.165, 1.54) is 6.42 Å². The molecule has 1 aliphatic carbocycles. The van der Waals surface area contributed by atoms with Crippen molar-refractivity contribution in [1.29, 1.82) is 0 Å². The lowest BCUT2D eigenvalue weighted by molar-refractivity contribution is -0.140. The summed E-state index contributed by atoms with van der Waals surface area (Å²) in [7, 11) is 0. The number of nitrogens with one attached hydrogen (secondary N) is 1. The molecule has 15 heavy (non-hydrogen) atoms. The van der Waals surface area contributed by atoms with Crippen LogP contribution in [0.25, 0.3) is 0 Å². The highest BCUT2D eigenvalue weighted by Crippen LogP contribution is 2.24. The zero-order chi connectivity index (χ0) is 10.8. The molecular weight excluding hydrogens is 196 g/mol. The van der Waals surface area contributed by atoms with Crippen LogP contribution < -0.4 is 5.32 Å². The molecule has 1 saturated carbocycles. The fraction of sp³-hybridized carbons (Fsp3) is 0.700. The fourth-order valence-electron chi connectivity index (χ4n) is 2.23. The molecule has 1 N–H and O–H groups in total. The molecule has 0 spiro atoms. The quantitative estimate of drug-likeness (QED) is 0.537. The molecule has 1 aliphatic heterocycles. The monoisotopic (exact) mass is 210 g/mol. The van der Waals surface area contributed by atoms with Crippen LogP contribution in [0.4, 0.5) is 4.79 Å². The predicted molar refractivity (Wildman–Crippen MR) is 51.8 cm³/mol. The minimum atomic E-state index is -0.796. The second-order valence-electron chi connectivity index (χ2n) is 4.18. The Hall–Kier alpha value is -1.39. The molecular formula is C10H14N2O3. The Balaban J connectivity index is 1.95. The first-order chi connectivity index (χ1) is 7.18. The van der Waals surface area contributed by atoms with Gasteiger partial charge in [-0.15, -0.1) is 0 Å². The molecule has 0 radical (unpaired) electrons. The molecule has 4 amide bonds. The third kappa shape index (κ3) is 2.00. The summed E-state index contributed by atoms with van der Waals surface area (Å²) in [6.07, 6.45) is 5.64. The minimum absolute atomic E-state index is 0.374. The zero-order valence-electron chi connectivity index (χ0n) is 8.49. The number of urea groups is 1. The van der Waals surface area contributed by atoms with Gasteiger partial charge < -0.3 is 0 Å². The predicted octanol–water partition coefficient (Wildman–Crippen LogP) is 0.645. The van der Waals surface area contributed by atoms with Gasteiger partial charge in [-0.2, -0.15) is 0 Å². The number of hydrogen-bond acceptors (Lipinski definition) is 3. The number of rotatable bonds is 2. The molecule has 0 unspecified atom stereocenters. The van der Waals surface area contributed by atoms with Gasteiger partial charge in [-0.05, 0) is 18.8 Å². The van der Waals surface area contributed by atoms with Crippen molar-refractivity contribution in [2.45, 2.75) is 32.1 Å². The van der Waals surface area contributed by atoms with Crippen LogP contribution in [0.3, 0.4) is 0 Å². The van der Waals surface area contributed by atoms with Crippen molar-refractivity contribution in [3.05, 3.63) is 0 Å². The lowest BCUT2D eigenvalue weighted by atomic mass is 9.89. The number of carbonyl (C=O) groups excluding carboxylic acids is 3. The summed E-state index contributed by atoms with van der Waals surface area (Å²) in [6.45, 7) is 0.399. The summed E-state index contributed by atoms with van der Waals surface area (Å²) >= 11 is 0. The minimum Gasteiger partial charge on any atom is -0.269 e. The van der Waals surface area contributed by atoms with Gasteiger partial charge in [-0.25, -0.2) is 4.79 Å². The molecule has 2 rings (SSSR count). The molecule has 5 nitrogen and oxygen atoms in total. The lowest BCUT2D eigenvalue weighted by Crippen LogP contribution is -2.36. The van der Waals surface area contributed by atoms with Gasteiger partial charge in [-0.1, -0.05) is 19.3 Å². The molecule has 1 heterocycles. The van der Waals surface area contributed by atoms with Gasteiger partial charge in [0.25, 0.3) is 0 Å². The van der Waals surface area contributed by atoms with E-state index in [9.17, 15) is 14.4 Å². The molecule has 0 bridgehead atoms. The van der Waals surface area contributed by atoms with Crippen molar-refractivity contribution in [2.24, 2.45) is 5.92 Å². The van der Waals surface area contributed by atoms with Crippen LogP contribution in [0, 0.1) is 5.92 Å². The van der Waals surface area contributed by atoms with Gasteiger partial charge in [0.2, 0.25) is 0 Å². The van der Waals surface area contributed by atoms with Gasteiger partial charge in [0.05, 0.1) is 0 Å². The van der Waals surface area contributed by atoms with Crippen LogP contribution in [-0.4, -0.2) is 29.3 Å². The summed E-state index contributed by atoms with van der Waals surface area (Å²) in [5, 5.41) is 2.00. The van der Waals surface area contributed by atoms with Gasteiger partial charge in [-0.3, -0.25) is 19.8 Å². The smallest absolute Gasteiger partial charge is 0.269 e. The van der Waals surface area contributed by atoms with Crippen molar-refractivity contribution in [1.82, 2.24) is 10.2 Å². The van der Waals surface area contributed by atoms with E-state index in [-0.39, 0.29) is 0 Å². The third-order valence-electron chi connectivity index (χ3n) is 3.07. The van der Waals surface area contributed by atoms with E-state index in [0.717, 1.165) is 30.6 Å². The van der Waals surface area contributed by atoms with Gasteiger partial charge in [0.1, 0.15) is 0 Å². The molecule has 5 heteroatoms. The van der Waals surface area contributed by atoms with Crippen molar-refractivity contribution in [3.63, 3.8) is 0 Å². The number of carbonyl (C=O) groups is 3. The summed E-state index contributed by atoms with van der Waals surface area (Å²) in [5.74, 6) is -1.12. The molecule has 1 saturated heterocycles. The van der Waals surface area contributed by atoms with Gasteiger partial charge >= 0.3 is 17.8 Å².